The molecule has 1 heterocycles. The molecule has 7 nitrogen and oxygen atoms in total. The van der Waals surface area contributed by atoms with Crippen LogP contribution >= 0.6 is 0 Å². The predicted octanol–water partition coefficient (Wildman–Crippen LogP) is 2.85. The van der Waals surface area contributed by atoms with E-state index in [2.05, 4.69) is 10.6 Å². The van der Waals surface area contributed by atoms with E-state index in [1.54, 1.807) is 43.3 Å². The summed E-state index contributed by atoms with van der Waals surface area (Å²) in [6, 6.07) is 14.9. The second-order valence-corrected chi connectivity index (χ2v) is 5.37. The zero-order valence-corrected chi connectivity index (χ0v) is 14.7. The van der Waals surface area contributed by atoms with Crippen LogP contribution in [0.15, 0.2) is 54.7 Å². The molecule has 0 aliphatic rings. The maximum absolute atomic E-state index is 12.5. The lowest BCUT2D eigenvalue weighted by molar-refractivity contribution is 0.0538. The monoisotopic (exact) mass is 353 g/mol. The molecule has 134 valence electrons. The van der Waals surface area contributed by atoms with Crippen LogP contribution < -0.4 is 15.0 Å². The third-order valence-corrected chi connectivity index (χ3v) is 3.84. The number of para-hydroxylation sites is 1. The number of ether oxygens (including phenoxy) is 2. The third-order valence-electron chi connectivity index (χ3n) is 3.84. The molecule has 0 unspecified atom stereocenters. The fourth-order valence-corrected chi connectivity index (χ4v) is 2.59. The van der Waals surface area contributed by atoms with E-state index >= 15 is 0 Å². The number of carbonyl (C=O) groups is 1. The van der Waals surface area contributed by atoms with Crippen molar-refractivity contribution in [2.24, 2.45) is 0 Å². The molecule has 0 radical (unpaired) electrons. The summed E-state index contributed by atoms with van der Waals surface area (Å²) in [5.74, 6) is 0.799. The van der Waals surface area contributed by atoms with Gasteiger partial charge in [0.2, 0.25) is 0 Å². The summed E-state index contributed by atoms with van der Waals surface area (Å²) < 4.78 is 12.3. The van der Waals surface area contributed by atoms with Crippen LogP contribution in [0.5, 0.6) is 11.5 Å². The molecule has 0 bridgehead atoms. The number of nitrogens with zero attached hydrogens (tertiary/aromatic N) is 2. The van der Waals surface area contributed by atoms with Crippen LogP contribution in [0.2, 0.25) is 0 Å². The van der Waals surface area contributed by atoms with Crippen molar-refractivity contribution in [2.75, 3.05) is 21.3 Å². The molecular weight excluding hydrogens is 334 g/mol. The second-order valence-electron chi connectivity index (χ2n) is 5.37. The molecule has 0 aliphatic heterocycles. The minimum absolute atomic E-state index is 0.360. The molecule has 0 aliphatic carbocycles. The first-order valence-corrected chi connectivity index (χ1v) is 7.88. The van der Waals surface area contributed by atoms with E-state index in [0.717, 1.165) is 5.69 Å². The predicted molar refractivity (Wildman–Crippen MR) is 96.6 cm³/mol. The van der Waals surface area contributed by atoms with Gasteiger partial charge in [-0.3, -0.25) is 9.63 Å². The molecule has 7 heteroatoms. The number of nitrogens with one attached hydrogen (secondary N) is 1. The highest BCUT2D eigenvalue weighted by Crippen LogP contribution is 2.34. The van der Waals surface area contributed by atoms with Crippen molar-refractivity contribution in [1.29, 1.82) is 0 Å². The van der Waals surface area contributed by atoms with Gasteiger partial charge in [-0.15, -0.1) is 0 Å². The highest BCUT2D eigenvalue weighted by molar-refractivity contribution is 6.00. The van der Waals surface area contributed by atoms with Gasteiger partial charge in [0.25, 0.3) is 5.91 Å². The molecule has 2 aromatic carbocycles. The van der Waals surface area contributed by atoms with Crippen molar-refractivity contribution < 1.29 is 19.1 Å². The molecular formula is C19H19N3O4. The van der Waals surface area contributed by atoms with Crippen molar-refractivity contribution >= 4 is 5.91 Å². The summed E-state index contributed by atoms with van der Waals surface area (Å²) in [5.41, 5.74) is 4.68. The van der Waals surface area contributed by atoms with E-state index < -0.39 is 5.91 Å². The maximum atomic E-state index is 12.5. The fraction of sp³-hybridized carbons (Fsp3) is 0.158. The Kier molecular flexibility index (Phi) is 5.19. The molecule has 0 saturated heterocycles. The van der Waals surface area contributed by atoms with Gasteiger partial charge in [0, 0.05) is 17.8 Å². The van der Waals surface area contributed by atoms with Crippen molar-refractivity contribution in [2.45, 2.75) is 0 Å². The van der Waals surface area contributed by atoms with E-state index in [-0.39, 0.29) is 0 Å². The summed E-state index contributed by atoms with van der Waals surface area (Å²) in [7, 11) is 4.52. The zero-order valence-electron chi connectivity index (χ0n) is 14.7. The van der Waals surface area contributed by atoms with Crippen LogP contribution in [0.3, 0.4) is 0 Å². The van der Waals surface area contributed by atoms with Gasteiger partial charge in [0.1, 0.15) is 17.2 Å². The summed E-state index contributed by atoms with van der Waals surface area (Å²) in [6.45, 7) is 0. The zero-order chi connectivity index (χ0) is 18.5. The van der Waals surface area contributed by atoms with Gasteiger partial charge >= 0.3 is 0 Å². The molecule has 1 amide bonds. The van der Waals surface area contributed by atoms with Gasteiger partial charge in [0.05, 0.1) is 32.6 Å². The highest BCUT2D eigenvalue weighted by atomic mass is 16.6. The van der Waals surface area contributed by atoms with Gasteiger partial charge in [-0.1, -0.05) is 18.2 Å². The quantitative estimate of drug-likeness (QED) is 0.690. The lowest BCUT2D eigenvalue weighted by Gasteiger charge is -2.10. The molecule has 3 rings (SSSR count). The molecule has 26 heavy (non-hydrogen) atoms. The lowest BCUT2D eigenvalue weighted by Crippen LogP contribution is -2.22. The highest BCUT2D eigenvalue weighted by Gasteiger charge is 2.21. The van der Waals surface area contributed by atoms with Crippen LogP contribution in [0, 0.1) is 0 Å². The van der Waals surface area contributed by atoms with Crippen molar-refractivity contribution in [3.63, 3.8) is 0 Å². The standard InChI is InChI=1S/C19H19N3O4/c1-24-14-9-10-15(17(11-14)25-2)18-16(19(23)21-26-3)12-22(20-18)13-7-5-4-6-8-13/h4-12H,1-3H3,(H,21,23). The molecule has 1 aromatic heterocycles. The number of amides is 1. The van der Waals surface area contributed by atoms with Gasteiger partial charge in [0.15, 0.2) is 0 Å². The molecule has 0 saturated carbocycles. The second kappa shape index (κ2) is 7.71. The number of hydroxylamine groups is 1. The Morgan fingerprint density at radius 2 is 1.81 bits per heavy atom. The summed E-state index contributed by atoms with van der Waals surface area (Å²) in [5, 5.41) is 4.60. The summed E-state index contributed by atoms with van der Waals surface area (Å²) in [6.07, 6.45) is 1.66. The maximum Gasteiger partial charge on any atom is 0.278 e. The average molecular weight is 353 g/mol. The minimum Gasteiger partial charge on any atom is -0.497 e. The van der Waals surface area contributed by atoms with Crippen molar-refractivity contribution in [1.82, 2.24) is 15.3 Å². The van der Waals surface area contributed by atoms with Gasteiger partial charge < -0.3 is 9.47 Å². The average Bonchev–Trinajstić information content (AvgIpc) is 3.13. The van der Waals surface area contributed by atoms with Crippen LogP contribution in [-0.4, -0.2) is 37.0 Å². The number of methoxy groups -OCH3 is 2. The SMILES string of the molecule is CONC(=O)c1cn(-c2ccccc2)nc1-c1ccc(OC)cc1OC. The normalized spacial score (nSPS) is 10.4. The topological polar surface area (TPSA) is 74.6 Å². The first kappa shape index (κ1) is 17.5. The summed E-state index contributed by atoms with van der Waals surface area (Å²) >= 11 is 0. The Labute approximate surface area is 151 Å². The Morgan fingerprint density at radius 3 is 2.46 bits per heavy atom. The number of aromatic nitrogens is 2. The van der Waals surface area contributed by atoms with Gasteiger partial charge in [-0.25, -0.2) is 10.2 Å². The van der Waals surface area contributed by atoms with E-state index in [1.807, 2.05) is 30.3 Å². The fourth-order valence-electron chi connectivity index (χ4n) is 2.59. The Bertz CT molecular complexity index is 906. The molecule has 1 N–H and O–H groups in total. The van der Waals surface area contributed by atoms with E-state index in [0.29, 0.717) is 28.3 Å². The first-order chi connectivity index (χ1) is 12.7. The number of hydrogen-bond donors (Lipinski definition) is 1. The number of carbonyl (C=O) groups excluding carboxylic acids is 1. The van der Waals surface area contributed by atoms with Gasteiger partial charge in [-0.2, -0.15) is 5.10 Å². The van der Waals surface area contributed by atoms with Crippen LogP contribution in [-0.2, 0) is 4.84 Å². The van der Waals surface area contributed by atoms with Crippen LogP contribution in [0.4, 0.5) is 0 Å². The number of hydrogen-bond acceptors (Lipinski definition) is 5. The van der Waals surface area contributed by atoms with Crippen molar-refractivity contribution in [3.8, 4) is 28.4 Å². The van der Waals surface area contributed by atoms with E-state index in [9.17, 15) is 4.79 Å². The largest absolute Gasteiger partial charge is 0.497 e. The summed E-state index contributed by atoms with van der Waals surface area (Å²) in [4.78, 5) is 17.2. The van der Waals surface area contributed by atoms with Crippen LogP contribution in [0.1, 0.15) is 10.4 Å². The van der Waals surface area contributed by atoms with Crippen LogP contribution in [0.25, 0.3) is 16.9 Å². The molecule has 0 fully saturated rings. The minimum atomic E-state index is -0.400. The Hall–Kier alpha value is -3.32. The number of rotatable bonds is 6. The van der Waals surface area contributed by atoms with E-state index in [4.69, 9.17) is 14.3 Å². The van der Waals surface area contributed by atoms with E-state index in [1.165, 1.54) is 7.11 Å². The Balaban J connectivity index is 2.16. The first-order valence-electron chi connectivity index (χ1n) is 7.88. The van der Waals surface area contributed by atoms with Gasteiger partial charge in [-0.05, 0) is 24.3 Å². The molecule has 0 atom stereocenters. The Morgan fingerprint density at radius 1 is 1.04 bits per heavy atom. The number of benzene rings is 2. The third kappa shape index (κ3) is 3.38. The smallest absolute Gasteiger partial charge is 0.278 e. The molecule has 0 spiro atoms. The lowest BCUT2D eigenvalue weighted by atomic mass is 10.1. The van der Waals surface area contributed by atoms with Crippen molar-refractivity contribution in [3.05, 3.63) is 60.3 Å². The molecule has 3 aromatic rings.